The molecule has 0 aliphatic heterocycles. The summed E-state index contributed by atoms with van der Waals surface area (Å²) in [5.41, 5.74) is 7.24. The molecule has 0 aliphatic rings. The number of rotatable bonds is 1. The average Bonchev–Trinajstić information content (AvgIpc) is 2.50. The third-order valence-electron chi connectivity index (χ3n) is 1.65. The molecule has 1 heterocycles. The first-order chi connectivity index (χ1) is 6.66. The summed E-state index contributed by atoms with van der Waals surface area (Å²) in [5.74, 6) is 0. The molecule has 6 heteroatoms. The number of fused-ring (bicyclic) bond motifs is 1. The van der Waals surface area contributed by atoms with Crippen LogP contribution in [-0.2, 0) is 0 Å². The van der Waals surface area contributed by atoms with E-state index in [1.165, 1.54) is 6.39 Å². The molecule has 0 radical (unpaired) electrons. The van der Waals surface area contributed by atoms with Gasteiger partial charge in [0.2, 0.25) is 0 Å². The van der Waals surface area contributed by atoms with E-state index in [9.17, 15) is 0 Å². The number of nitrogens with two attached hydrogens (primary N) is 1. The molecule has 0 saturated carbocycles. The van der Waals surface area contributed by atoms with Gasteiger partial charge in [0.05, 0.1) is 5.02 Å². The van der Waals surface area contributed by atoms with Crippen LogP contribution in [-0.4, -0.2) is 10.1 Å². The SMILES string of the molecule is NC(=S)Nc1cc(Cl)c2ocnc2c1. The second kappa shape index (κ2) is 3.43. The van der Waals surface area contributed by atoms with Crippen molar-refractivity contribution in [3.8, 4) is 0 Å². The summed E-state index contributed by atoms with van der Waals surface area (Å²) >= 11 is 10.6. The van der Waals surface area contributed by atoms with Crippen molar-refractivity contribution in [2.24, 2.45) is 5.73 Å². The third-order valence-corrected chi connectivity index (χ3v) is 2.04. The molecule has 0 spiro atoms. The first-order valence-electron chi connectivity index (χ1n) is 3.76. The number of thiocarbonyl (C=S) groups is 1. The van der Waals surface area contributed by atoms with E-state index in [4.69, 9.17) is 34.0 Å². The molecule has 0 aliphatic carbocycles. The fraction of sp³-hybridized carbons (Fsp3) is 0. The van der Waals surface area contributed by atoms with E-state index in [-0.39, 0.29) is 5.11 Å². The van der Waals surface area contributed by atoms with Crippen LogP contribution in [0.1, 0.15) is 0 Å². The van der Waals surface area contributed by atoms with Gasteiger partial charge >= 0.3 is 0 Å². The monoisotopic (exact) mass is 227 g/mol. The number of nitrogens with zero attached hydrogens (tertiary/aromatic N) is 1. The number of nitrogens with one attached hydrogen (secondary N) is 1. The topological polar surface area (TPSA) is 64.1 Å². The van der Waals surface area contributed by atoms with Crippen LogP contribution in [0.25, 0.3) is 11.1 Å². The van der Waals surface area contributed by atoms with Gasteiger partial charge in [0.1, 0.15) is 5.52 Å². The molecular formula is C8H6ClN3OS. The van der Waals surface area contributed by atoms with Gasteiger partial charge in [-0.15, -0.1) is 0 Å². The number of oxazole rings is 1. The second-order valence-electron chi connectivity index (χ2n) is 2.65. The summed E-state index contributed by atoms with van der Waals surface area (Å²) in [7, 11) is 0. The van der Waals surface area contributed by atoms with Crippen LogP contribution in [0, 0.1) is 0 Å². The molecule has 1 aromatic heterocycles. The lowest BCUT2D eigenvalue weighted by Crippen LogP contribution is -2.18. The minimum absolute atomic E-state index is 0.184. The maximum Gasteiger partial charge on any atom is 0.182 e. The number of aromatic nitrogens is 1. The zero-order valence-corrected chi connectivity index (χ0v) is 8.52. The van der Waals surface area contributed by atoms with Gasteiger partial charge in [0, 0.05) is 5.69 Å². The molecule has 1 aromatic carbocycles. The molecule has 0 saturated heterocycles. The number of benzene rings is 1. The van der Waals surface area contributed by atoms with Crippen LogP contribution in [0.4, 0.5) is 5.69 Å². The molecule has 3 N–H and O–H groups in total. The number of hydrogen-bond acceptors (Lipinski definition) is 3. The van der Waals surface area contributed by atoms with Crippen molar-refractivity contribution >= 4 is 45.7 Å². The summed E-state index contributed by atoms with van der Waals surface area (Å²) in [6.07, 6.45) is 1.33. The largest absolute Gasteiger partial charge is 0.442 e. The Labute approximate surface area is 90.0 Å². The number of halogens is 1. The number of hydrogen-bond donors (Lipinski definition) is 2. The maximum atomic E-state index is 5.93. The minimum atomic E-state index is 0.184. The first kappa shape index (κ1) is 9.23. The second-order valence-corrected chi connectivity index (χ2v) is 3.49. The van der Waals surface area contributed by atoms with E-state index in [1.807, 2.05) is 0 Å². The predicted octanol–water partition coefficient (Wildman–Crippen LogP) is 2.14. The highest BCUT2D eigenvalue weighted by molar-refractivity contribution is 7.80. The lowest BCUT2D eigenvalue weighted by Gasteiger charge is -2.03. The standard InChI is InChI=1S/C8H6ClN3OS/c9-5-1-4(12-8(10)14)2-6-7(5)13-3-11-6/h1-3H,(H3,10,12,14). The lowest BCUT2D eigenvalue weighted by molar-refractivity contribution is 0.602. The maximum absolute atomic E-state index is 5.93. The van der Waals surface area contributed by atoms with Gasteiger partial charge in [-0.2, -0.15) is 0 Å². The van der Waals surface area contributed by atoms with Gasteiger partial charge in [-0.05, 0) is 24.4 Å². The van der Waals surface area contributed by atoms with Gasteiger partial charge in [-0.25, -0.2) is 4.98 Å². The van der Waals surface area contributed by atoms with Gasteiger partial charge < -0.3 is 15.5 Å². The summed E-state index contributed by atoms with van der Waals surface area (Å²) in [6.45, 7) is 0. The highest BCUT2D eigenvalue weighted by Crippen LogP contribution is 2.26. The summed E-state index contributed by atoms with van der Waals surface area (Å²) in [6, 6.07) is 3.43. The van der Waals surface area contributed by atoms with Crippen LogP contribution in [0.2, 0.25) is 5.02 Å². The molecule has 14 heavy (non-hydrogen) atoms. The van der Waals surface area contributed by atoms with Crippen LogP contribution in [0.3, 0.4) is 0 Å². The van der Waals surface area contributed by atoms with E-state index >= 15 is 0 Å². The molecule has 0 amide bonds. The quantitative estimate of drug-likeness (QED) is 0.731. The molecule has 2 rings (SSSR count). The van der Waals surface area contributed by atoms with Crippen LogP contribution >= 0.6 is 23.8 Å². The van der Waals surface area contributed by atoms with E-state index in [1.54, 1.807) is 12.1 Å². The Kier molecular flexibility index (Phi) is 2.26. The summed E-state index contributed by atoms with van der Waals surface area (Å²) in [4.78, 5) is 3.97. The first-order valence-corrected chi connectivity index (χ1v) is 4.54. The third kappa shape index (κ3) is 1.64. The molecule has 0 atom stereocenters. The van der Waals surface area contributed by atoms with E-state index in [0.29, 0.717) is 21.8 Å². The molecule has 2 aromatic rings. The van der Waals surface area contributed by atoms with E-state index in [0.717, 1.165) is 0 Å². The molecule has 72 valence electrons. The average molecular weight is 228 g/mol. The smallest absolute Gasteiger partial charge is 0.182 e. The Morgan fingerprint density at radius 2 is 2.36 bits per heavy atom. The fourth-order valence-electron chi connectivity index (χ4n) is 1.14. The predicted molar refractivity (Wildman–Crippen MR) is 59.4 cm³/mol. The molecule has 4 nitrogen and oxygen atoms in total. The van der Waals surface area contributed by atoms with Gasteiger partial charge in [0.15, 0.2) is 17.1 Å². The molecule has 0 bridgehead atoms. The fourth-order valence-corrected chi connectivity index (χ4v) is 1.52. The Morgan fingerprint density at radius 3 is 3.07 bits per heavy atom. The zero-order chi connectivity index (χ0) is 10.1. The van der Waals surface area contributed by atoms with Gasteiger partial charge in [0.25, 0.3) is 0 Å². The van der Waals surface area contributed by atoms with Crippen LogP contribution < -0.4 is 11.1 Å². The molecule has 0 fully saturated rings. The van der Waals surface area contributed by atoms with E-state index in [2.05, 4.69) is 10.3 Å². The van der Waals surface area contributed by atoms with Crippen molar-refractivity contribution in [1.82, 2.24) is 4.98 Å². The van der Waals surface area contributed by atoms with Gasteiger partial charge in [-0.1, -0.05) is 11.6 Å². The van der Waals surface area contributed by atoms with Crippen molar-refractivity contribution in [2.45, 2.75) is 0 Å². The van der Waals surface area contributed by atoms with Crippen molar-refractivity contribution in [3.63, 3.8) is 0 Å². The van der Waals surface area contributed by atoms with Crippen LogP contribution in [0.15, 0.2) is 22.9 Å². The van der Waals surface area contributed by atoms with Crippen LogP contribution in [0.5, 0.6) is 0 Å². The van der Waals surface area contributed by atoms with Crippen molar-refractivity contribution in [2.75, 3.05) is 5.32 Å². The highest BCUT2D eigenvalue weighted by atomic mass is 35.5. The lowest BCUT2D eigenvalue weighted by atomic mass is 10.3. The molecule has 0 unspecified atom stereocenters. The van der Waals surface area contributed by atoms with E-state index < -0.39 is 0 Å². The molecular weight excluding hydrogens is 222 g/mol. The Hall–Kier alpha value is -1.33. The normalized spacial score (nSPS) is 10.4. The van der Waals surface area contributed by atoms with Crippen molar-refractivity contribution in [1.29, 1.82) is 0 Å². The summed E-state index contributed by atoms with van der Waals surface area (Å²) in [5, 5.41) is 3.43. The van der Waals surface area contributed by atoms with Crippen molar-refractivity contribution < 1.29 is 4.42 Å². The summed E-state index contributed by atoms with van der Waals surface area (Å²) < 4.78 is 5.07. The highest BCUT2D eigenvalue weighted by Gasteiger charge is 2.06. The minimum Gasteiger partial charge on any atom is -0.442 e. The Bertz CT molecular complexity index is 496. The Morgan fingerprint density at radius 1 is 1.57 bits per heavy atom. The zero-order valence-electron chi connectivity index (χ0n) is 6.95. The van der Waals surface area contributed by atoms with Crippen molar-refractivity contribution in [3.05, 3.63) is 23.5 Å². The van der Waals surface area contributed by atoms with Gasteiger partial charge in [-0.3, -0.25) is 0 Å². The Balaban J connectivity index is 2.53. The number of anilines is 1.